The highest BCUT2D eigenvalue weighted by Gasteiger charge is 2.31. The molecule has 1 aliphatic rings. The van der Waals surface area contributed by atoms with Crippen LogP contribution in [0.3, 0.4) is 0 Å². The summed E-state index contributed by atoms with van der Waals surface area (Å²) in [7, 11) is -3.65. The number of nitrogens with one attached hydrogen (secondary N) is 1. The van der Waals surface area contributed by atoms with Gasteiger partial charge >= 0.3 is 0 Å². The number of hydrogen-bond donors (Lipinski definition) is 2. The van der Waals surface area contributed by atoms with Gasteiger partial charge in [0.25, 0.3) is 0 Å². The van der Waals surface area contributed by atoms with E-state index in [2.05, 4.69) is 12.2 Å². The number of rotatable bonds is 6. The summed E-state index contributed by atoms with van der Waals surface area (Å²) in [6.07, 6.45) is 4.62. The van der Waals surface area contributed by atoms with Crippen molar-refractivity contribution in [1.29, 1.82) is 0 Å². The Morgan fingerprint density at radius 1 is 1.29 bits per heavy atom. The van der Waals surface area contributed by atoms with Crippen LogP contribution in [0.15, 0.2) is 29.2 Å². The molecule has 0 aromatic heterocycles. The number of sulfonamides is 1. The van der Waals surface area contributed by atoms with Crippen LogP contribution < -0.4 is 10.5 Å². The summed E-state index contributed by atoms with van der Waals surface area (Å²) in [5.41, 5.74) is 1.21. The average Bonchev–Trinajstić information content (AvgIpc) is 2.40. The van der Waals surface area contributed by atoms with E-state index in [4.69, 9.17) is 5.14 Å². The van der Waals surface area contributed by atoms with Crippen molar-refractivity contribution in [2.45, 2.75) is 43.9 Å². The van der Waals surface area contributed by atoms with Crippen LogP contribution in [0.4, 0.5) is 0 Å². The van der Waals surface area contributed by atoms with E-state index in [1.54, 1.807) is 12.1 Å². The lowest BCUT2D eigenvalue weighted by Crippen LogP contribution is -2.39. The van der Waals surface area contributed by atoms with E-state index < -0.39 is 10.0 Å². The zero-order valence-electron chi connectivity index (χ0n) is 12.3. The second-order valence-corrected chi connectivity index (χ2v) is 7.69. The first-order chi connectivity index (χ1) is 9.78. The topological polar surface area (TPSA) is 89.3 Å². The first-order valence-corrected chi connectivity index (χ1v) is 8.72. The van der Waals surface area contributed by atoms with Gasteiger partial charge in [-0.3, -0.25) is 4.79 Å². The Kier molecular flexibility index (Phi) is 4.68. The number of hydrogen-bond acceptors (Lipinski definition) is 3. The minimum atomic E-state index is -3.65. The molecule has 1 saturated carbocycles. The molecular weight excluding hydrogens is 288 g/mol. The minimum absolute atomic E-state index is 0.0404. The Bertz CT molecular complexity index is 604. The van der Waals surface area contributed by atoms with Gasteiger partial charge in [-0.15, -0.1) is 0 Å². The maximum atomic E-state index is 11.8. The Labute approximate surface area is 126 Å². The molecule has 0 atom stereocenters. The quantitative estimate of drug-likeness (QED) is 0.836. The van der Waals surface area contributed by atoms with E-state index >= 15 is 0 Å². The molecule has 21 heavy (non-hydrogen) atoms. The first kappa shape index (κ1) is 16.0. The van der Waals surface area contributed by atoms with Crippen LogP contribution in [-0.4, -0.2) is 20.9 Å². The van der Waals surface area contributed by atoms with Gasteiger partial charge in [0.15, 0.2) is 0 Å². The number of nitrogens with two attached hydrogens (primary N) is 1. The van der Waals surface area contributed by atoms with Gasteiger partial charge in [0.05, 0.1) is 4.90 Å². The third-order valence-electron chi connectivity index (χ3n) is 4.17. The number of carbonyl (C=O) groups is 1. The SMILES string of the molecule is CC1(CNC(=O)CCc2ccc(S(N)(=O)=O)cc2)CCC1. The fourth-order valence-electron chi connectivity index (χ4n) is 2.46. The van der Waals surface area contributed by atoms with E-state index in [0.29, 0.717) is 12.8 Å². The molecular formula is C15H22N2O3S. The second-order valence-electron chi connectivity index (χ2n) is 6.13. The van der Waals surface area contributed by atoms with Crippen LogP contribution in [0.5, 0.6) is 0 Å². The van der Waals surface area contributed by atoms with Crippen molar-refractivity contribution in [2.24, 2.45) is 10.6 Å². The van der Waals surface area contributed by atoms with Crippen LogP contribution in [0.25, 0.3) is 0 Å². The lowest BCUT2D eigenvalue weighted by Gasteiger charge is -2.38. The number of primary sulfonamides is 1. The molecule has 6 heteroatoms. The molecule has 0 bridgehead atoms. The standard InChI is InChI=1S/C15H22N2O3S/c1-15(9-2-10-15)11-17-14(18)8-5-12-3-6-13(7-4-12)21(16,19)20/h3-4,6-7H,2,5,8-11H2,1H3,(H,17,18)(H2,16,19,20). The molecule has 0 saturated heterocycles. The maximum Gasteiger partial charge on any atom is 0.238 e. The highest BCUT2D eigenvalue weighted by molar-refractivity contribution is 7.89. The maximum absolute atomic E-state index is 11.8. The molecule has 0 heterocycles. The third-order valence-corrected chi connectivity index (χ3v) is 5.09. The van der Waals surface area contributed by atoms with Crippen molar-refractivity contribution in [3.05, 3.63) is 29.8 Å². The monoisotopic (exact) mass is 310 g/mol. The van der Waals surface area contributed by atoms with Crippen molar-refractivity contribution < 1.29 is 13.2 Å². The Morgan fingerprint density at radius 2 is 1.90 bits per heavy atom. The summed E-state index contributed by atoms with van der Waals surface area (Å²) in [5.74, 6) is 0.0404. The molecule has 1 amide bonds. The summed E-state index contributed by atoms with van der Waals surface area (Å²) in [6, 6.07) is 6.33. The molecule has 0 aliphatic heterocycles. The van der Waals surface area contributed by atoms with Crippen molar-refractivity contribution in [3.63, 3.8) is 0 Å². The summed E-state index contributed by atoms with van der Waals surface area (Å²) < 4.78 is 22.3. The van der Waals surface area contributed by atoms with Crippen LogP contribution in [0.2, 0.25) is 0 Å². The number of carbonyl (C=O) groups excluding carboxylic acids is 1. The minimum Gasteiger partial charge on any atom is -0.356 e. The van der Waals surface area contributed by atoms with E-state index in [0.717, 1.165) is 12.1 Å². The van der Waals surface area contributed by atoms with Gasteiger partial charge in [0, 0.05) is 13.0 Å². The van der Waals surface area contributed by atoms with Crippen molar-refractivity contribution in [2.75, 3.05) is 6.54 Å². The Balaban J connectivity index is 1.78. The predicted octanol–water partition coefficient (Wildman–Crippen LogP) is 1.57. The number of benzene rings is 1. The largest absolute Gasteiger partial charge is 0.356 e. The van der Waals surface area contributed by atoms with Crippen molar-refractivity contribution in [1.82, 2.24) is 5.32 Å². The fraction of sp³-hybridized carbons (Fsp3) is 0.533. The zero-order valence-corrected chi connectivity index (χ0v) is 13.1. The summed E-state index contributed by atoms with van der Waals surface area (Å²) in [4.78, 5) is 11.9. The van der Waals surface area contributed by atoms with Gasteiger partial charge in [0.2, 0.25) is 15.9 Å². The number of amides is 1. The normalized spacial score (nSPS) is 17.0. The first-order valence-electron chi connectivity index (χ1n) is 7.17. The smallest absolute Gasteiger partial charge is 0.238 e. The number of aryl methyl sites for hydroxylation is 1. The van der Waals surface area contributed by atoms with Gasteiger partial charge in [-0.1, -0.05) is 25.5 Å². The van der Waals surface area contributed by atoms with Crippen LogP contribution >= 0.6 is 0 Å². The van der Waals surface area contributed by atoms with Gasteiger partial charge in [-0.2, -0.15) is 0 Å². The molecule has 0 radical (unpaired) electrons. The van der Waals surface area contributed by atoms with Crippen LogP contribution in [-0.2, 0) is 21.2 Å². The molecule has 1 fully saturated rings. The molecule has 0 unspecified atom stereocenters. The van der Waals surface area contributed by atoms with E-state index in [1.807, 2.05) is 0 Å². The van der Waals surface area contributed by atoms with E-state index in [-0.39, 0.29) is 16.2 Å². The van der Waals surface area contributed by atoms with Crippen LogP contribution in [0.1, 0.15) is 38.2 Å². The third kappa shape index (κ3) is 4.54. The molecule has 3 N–H and O–H groups in total. The molecule has 1 aromatic rings. The predicted molar refractivity (Wildman–Crippen MR) is 81.1 cm³/mol. The van der Waals surface area contributed by atoms with Gasteiger partial charge in [0.1, 0.15) is 0 Å². The fourth-order valence-corrected chi connectivity index (χ4v) is 2.98. The molecule has 0 spiro atoms. The molecule has 116 valence electrons. The summed E-state index contributed by atoms with van der Waals surface area (Å²) >= 11 is 0. The van der Waals surface area contributed by atoms with Gasteiger partial charge in [-0.25, -0.2) is 13.6 Å². The molecule has 1 aromatic carbocycles. The van der Waals surface area contributed by atoms with E-state index in [1.165, 1.54) is 31.4 Å². The summed E-state index contributed by atoms with van der Waals surface area (Å²) in [6.45, 7) is 2.94. The zero-order chi connectivity index (χ0) is 15.5. The lowest BCUT2D eigenvalue weighted by atomic mass is 9.70. The average molecular weight is 310 g/mol. The van der Waals surface area contributed by atoms with Gasteiger partial charge in [-0.05, 0) is 42.4 Å². The molecule has 2 rings (SSSR count). The second kappa shape index (κ2) is 6.15. The highest BCUT2D eigenvalue weighted by atomic mass is 32.2. The summed E-state index contributed by atoms with van der Waals surface area (Å²) in [5, 5.41) is 8.01. The Hall–Kier alpha value is -1.40. The molecule has 5 nitrogen and oxygen atoms in total. The van der Waals surface area contributed by atoms with Crippen molar-refractivity contribution >= 4 is 15.9 Å². The van der Waals surface area contributed by atoms with Crippen molar-refractivity contribution in [3.8, 4) is 0 Å². The lowest BCUT2D eigenvalue weighted by molar-refractivity contribution is -0.121. The van der Waals surface area contributed by atoms with Crippen LogP contribution in [0, 0.1) is 5.41 Å². The molecule has 1 aliphatic carbocycles. The Morgan fingerprint density at radius 3 is 2.38 bits per heavy atom. The van der Waals surface area contributed by atoms with E-state index in [9.17, 15) is 13.2 Å². The van der Waals surface area contributed by atoms with Gasteiger partial charge < -0.3 is 5.32 Å². The highest BCUT2D eigenvalue weighted by Crippen LogP contribution is 2.39.